The zero-order valence-corrected chi connectivity index (χ0v) is 12.5. The monoisotopic (exact) mass is 354 g/mol. The van der Waals surface area contributed by atoms with Gasteiger partial charge >= 0.3 is 0 Å². The first kappa shape index (κ1) is 12.6. The molecule has 0 radical (unpaired) electrons. The molecule has 1 N–H and O–H groups in total. The van der Waals surface area contributed by atoms with Gasteiger partial charge in [-0.3, -0.25) is 0 Å². The first-order chi connectivity index (χ1) is 8.15. The maximum Gasteiger partial charge on any atom is 0.127 e. The molecule has 2 nitrogen and oxygen atoms in total. The summed E-state index contributed by atoms with van der Waals surface area (Å²) in [5.74, 6) is 0.870. The molecule has 88 valence electrons. The second-order valence-corrected chi connectivity index (χ2v) is 5.49. The quantitative estimate of drug-likeness (QED) is 0.801. The molecule has 17 heavy (non-hydrogen) atoms. The van der Waals surface area contributed by atoms with Gasteiger partial charge in [0.15, 0.2) is 0 Å². The predicted octanol–water partition coefficient (Wildman–Crippen LogP) is 4.78. The Bertz CT molecular complexity index is 497. The highest BCUT2D eigenvalue weighted by Gasteiger charge is 2.05. The van der Waals surface area contributed by atoms with Gasteiger partial charge < -0.3 is 5.32 Å². The summed E-state index contributed by atoms with van der Waals surface area (Å²) in [6, 6.07) is 14.3. The number of rotatable bonds is 3. The molecule has 1 unspecified atom stereocenters. The van der Waals surface area contributed by atoms with Crippen molar-refractivity contribution in [3.8, 4) is 0 Å². The van der Waals surface area contributed by atoms with E-state index < -0.39 is 0 Å². The molecule has 1 heterocycles. The summed E-state index contributed by atoms with van der Waals surface area (Å²) in [6.45, 7) is 2.12. The molecule has 1 atom stereocenters. The minimum Gasteiger partial charge on any atom is -0.364 e. The highest BCUT2D eigenvalue weighted by atomic mass is 79.9. The van der Waals surface area contributed by atoms with E-state index in [4.69, 9.17) is 0 Å². The van der Waals surface area contributed by atoms with E-state index in [9.17, 15) is 0 Å². The van der Waals surface area contributed by atoms with Crippen molar-refractivity contribution in [1.29, 1.82) is 0 Å². The minimum atomic E-state index is 0.227. The van der Waals surface area contributed by atoms with Gasteiger partial charge in [0.1, 0.15) is 10.4 Å². The van der Waals surface area contributed by atoms with Crippen LogP contribution in [0.5, 0.6) is 0 Å². The van der Waals surface area contributed by atoms with Crippen molar-refractivity contribution >= 4 is 37.7 Å². The van der Waals surface area contributed by atoms with Crippen LogP contribution in [0, 0.1) is 0 Å². The lowest BCUT2D eigenvalue weighted by molar-refractivity contribution is 0.873. The number of nitrogens with zero attached hydrogens (tertiary/aromatic N) is 1. The number of hydrogen-bond donors (Lipinski definition) is 1. The highest BCUT2D eigenvalue weighted by molar-refractivity contribution is 9.10. The normalized spacial score (nSPS) is 12.2. The lowest BCUT2D eigenvalue weighted by Gasteiger charge is -2.15. The van der Waals surface area contributed by atoms with Crippen molar-refractivity contribution in [3.63, 3.8) is 0 Å². The van der Waals surface area contributed by atoms with Gasteiger partial charge in [0, 0.05) is 10.5 Å². The number of hydrogen-bond acceptors (Lipinski definition) is 2. The van der Waals surface area contributed by atoms with Gasteiger partial charge in [-0.05, 0) is 52.7 Å². The van der Waals surface area contributed by atoms with Crippen molar-refractivity contribution in [2.45, 2.75) is 13.0 Å². The molecule has 2 aromatic rings. The van der Waals surface area contributed by atoms with E-state index in [2.05, 4.69) is 61.2 Å². The van der Waals surface area contributed by atoms with Crippen LogP contribution in [0.4, 0.5) is 5.82 Å². The molecular weight excluding hydrogens is 344 g/mol. The first-order valence-electron chi connectivity index (χ1n) is 5.30. The Hall–Kier alpha value is -0.870. The molecule has 4 heteroatoms. The lowest BCUT2D eigenvalue weighted by Crippen LogP contribution is -2.07. The number of anilines is 1. The molecule has 0 aliphatic carbocycles. The summed E-state index contributed by atoms with van der Waals surface area (Å²) in [7, 11) is 0. The fraction of sp³-hybridized carbons (Fsp3) is 0.154. The summed E-state index contributed by atoms with van der Waals surface area (Å²) in [5.41, 5.74) is 1.23. The fourth-order valence-electron chi connectivity index (χ4n) is 1.55. The largest absolute Gasteiger partial charge is 0.364 e. The molecule has 2 rings (SSSR count). The van der Waals surface area contributed by atoms with Crippen LogP contribution in [-0.4, -0.2) is 4.98 Å². The van der Waals surface area contributed by atoms with Crippen molar-refractivity contribution in [3.05, 3.63) is 57.1 Å². The topological polar surface area (TPSA) is 24.9 Å². The maximum absolute atomic E-state index is 4.35. The van der Waals surface area contributed by atoms with Crippen LogP contribution < -0.4 is 5.32 Å². The van der Waals surface area contributed by atoms with Crippen molar-refractivity contribution < 1.29 is 0 Å². The second kappa shape index (κ2) is 5.65. The van der Waals surface area contributed by atoms with Gasteiger partial charge in [-0.15, -0.1) is 0 Å². The molecule has 1 aromatic heterocycles. The van der Waals surface area contributed by atoms with E-state index in [-0.39, 0.29) is 6.04 Å². The Balaban J connectivity index is 2.11. The standard InChI is InChI=1S/C13H12Br2N2/c1-9(10-5-7-11(14)8-6-10)16-13-4-2-3-12(15)17-13/h2-9H,1H3,(H,16,17). The van der Waals surface area contributed by atoms with Crippen LogP contribution >= 0.6 is 31.9 Å². The van der Waals surface area contributed by atoms with Crippen LogP contribution in [0.2, 0.25) is 0 Å². The molecule has 0 aliphatic rings. The minimum absolute atomic E-state index is 0.227. The molecule has 0 aliphatic heterocycles. The molecule has 1 aromatic carbocycles. The van der Waals surface area contributed by atoms with Crippen LogP contribution in [0.1, 0.15) is 18.5 Å². The maximum atomic E-state index is 4.35. The van der Waals surface area contributed by atoms with Gasteiger partial charge in [-0.25, -0.2) is 4.98 Å². The van der Waals surface area contributed by atoms with Crippen LogP contribution in [0.25, 0.3) is 0 Å². The zero-order valence-electron chi connectivity index (χ0n) is 9.32. The van der Waals surface area contributed by atoms with Gasteiger partial charge in [0.2, 0.25) is 0 Å². The number of nitrogens with one attached hydrogen (secondary N) is 1. The molecule has 0 spiro atoms. The van der Waals surface area contributed by atoms with Gasteiger partial charge in [0.05, 0.1) is 0 Å². The average molecular weight is 356 g/mol. The van der Waals surface area contributed by atoms with Gasteiger partial charge in [-0.1, -0.05) is 34.1 Å². The number of pyridine rings is 1. The summed E-state index contributed by atoms with van der Waals surface area (Å²) in [4.78, 5) is 4.35. The molecule has 0 bridgehead atoms. The third-order valence-corrected chi connectivity index (χ3v) is 3.42. The van der Waals surface area contributed by atoms with Gasteiger partial charge in [0.25, 0.3) is 0 Å². The van der Waals surface area contributed by atoms with E-state index in [0.717, 1.165) is 14.9 Å². The Morgan fingerprint density at radius 2 is 1.76 bits per heavy atom. The molecule has 0 saturated heterocycles. The molecular formula is C13H12Br2N2. The average Bonchev–Trinajstić information content (AvgIpc) is 2.29. The first-order valence-corrected chi connectivity index (χ1v) is 6.88. The van der Waals surface area contributed by atoms with Crippen LogP contribution in [0.3, 0.4) is 0 Å². The summed E-state index contributed by atoms with van der Waals surface area (Å²) < 4.78 is 1.93. The summed E-state index contributed by atoms with van der Waals surface area (Å²) in [5, 5.41) is 3.36. The smallest absolute Gasteiger partial charge is 0.127 e. The van der Waals surface area contributed by atoms with E-state index in [1.54, 1.807) is 0 Å². The second-order valence-electron chi connectivity index (χ2n) is 3.76. The fourth-order valence-corrected chi connectivity index (χ4v) is 2.15. The SMILES string of the molecule is CC(Nc1cccc(Br)n1)c1ccc(Br)cc1. The van der Waals surface area contributed by atoms with Crippen molar-refractivity contribution in [2.24, 2.45) is 0 Å². The van der Waals surface area contributed by atoms with Crippen LogP contribution in [-0.2, 0) is 0 Å². The van der Waals surface area contributed by atoms with Crippen LogP contribution in [0.15, 0.2) is 51.5 Å². The Morgan fingerprint density at radius 1 is 1.06 bits per heavy atom. The molecule has 0 fully saturated rings. The third kappa shape index (κ3) is 3.54. The van der Waals surface area contributed by atoms with Crippen molar-refractivity contribution in [1.82, 2.24) is 4.98 Å². The number of aromatic nitrogens is 1. The number of halogens is 2. The van der Waals surface area contributed by atoms with E-state index in [1.807, 2.05) is 30.3 Å². The highest BCUT2D eigenvalue weighted by Crippen LogP contribution is 2.20. The Labute approximate surface area is 118 Å². The third-order valence-electron chi connectivity index (χ3n) is 2.45. The predicted molar refractivity (Wildman–Crippen MR) is 78.1 cm³/mol. The van der Waals surface area contributed by atoms with E-state index in [0.29, 0.717) is 0 Å². The zero-order chi connectivity index (χ0) is 12.3. The summed E-state index contributed by atoms with van der Waals surface area (Å²) >= 11 is 6.79. The molecule has 0 saturated carbocycles. The lowest BCUT2D eigenvalue weighted by atomic mass is 10.1. The number of benzene rings is 1. The van der Waals surface area contributed by atoms with E-state index in [1.165, 1.54) is 5.56 Å². The van der Waals surface area contributed by atoms with Crippen molar-refractivity contribution in [2.75, 3.05) is 5.32 Å². The summed E-state index contributed by atoms with van der Waals surface area (Å²) in [6.07, 6.45) is 0. The Kier molecular flexibility index (Phi) is 4.18. The Morgan fingerprint density at radius 3 is 2.41 bits per heavy atom. The van der Waals surface area contributed by atoms with Gasteiger partial charge in [-0.2, -0.15) is 0 Å². The van der Waals surface area contributed by atoms with E-state index >= 15 is 0 Å². The molecule has 0 amide bonds.